The van der Waals surface area contributed by atoms with Gasteiger partial charge in [-0.25, -0.2) is 0 Å². The zero-order chi connectivity index (χ0) is 13.1. The second kappa shape index (κ2) is 5.33. The number of aliphatic hydroxyl groups excluding tert-OH is 1. The third-order valence-corrected chi connectivity index (χ3v) is 2.66. The first-order valence-electron chi connectivity index (χ1n) is 5.15. The fraction of sp³-hybridized carbons (Fsp3) is 0.455. The second-order valence-corrected chi connectivity index (χ2v) is 4.98. The minimum Gasteiger partial charge on any atom is -0.396 e. The van der Waals surface area contributed by atoms with Crippen molar-refractivity contribution in [1.82, 2.24) is 0 Å². The summed E-state index contributed by atoms with van der Waals surface area (Å²) in [5.74, 6) is 0. The Morgan fingerprint density at radius 2 is 2.18 bits per heavy atom. The van der Waals surface area contributed by atoms with Crippen LogP contribution < -0.4 is 5.32 Å². The van der Waals surface area contributed by atoms with E-state index in [0.717, 1.165) is 0 Å². The number of halogens is 1. The van der Waals surface area contributed by atoms with E-state index in [4.69, 9.17) is 16.7 Å². The molecule has 5 nitrogen and oxygen atoms in total. The standard InChI is InChI=1S/C11H15ClN2O3/c1-11(2,7-15)6-13-9-5-3-4-8(12)10(9)14(16)17/h3-5,13,15H,6-7H2,1-2H3. The highest BCUT2D eigenvalue weighted by Gasteiger charge is 2.21. The van der Waals surface area contributed by atoms with Gasteiger partial charge in [0.2, 0.25) is 0 Å². The lowest BCUT2D eigenvalue weighted by molar-refractivity contribution is -0.383. The first-order chi connectivity index (χ1) is 7.87. The minimum atomic E-state index is -0.517. The molecule has 0 saturated carbocycles. The van der Waals surface area contributed by atoms with E-state index >= 15 is 0 Å². The van der Waals surface area contributed by atoms with E-state index in [1.807, 2.05) is 13.8 Å². The molecule has 0 heterocycles. The van der Waals surface area contributed by atoms with Gasteiger partial charge >= 0.3 is 5.69 Å². The molecule has 0 unspecified atom stereocenters. The molecule has 0 fully saturated rings. The smallest absolute Gasteiger partial charge is 0.310 e. The van der Waals surface area contributed by atoms with Crippen LogP contribution >= 0.6 is 11.6 Å². The van der Waals surface area contributed by atoms with Crippen molar-refractivity contribution >= 4 is 23.0 Å². The van der Waals surface area contributed by atoms with Gasteiger partial charge in [-0.1, -0.05) is 31.5 Å². The van der Waals surface area contributed by atoms with Crippen LogP contribution in [0.15, 0.2) is 18.2 Å². The summed E-state index contributed by atoms with van der Waals surface area (Å²) in [7, 11) is 0. The molecule has 0 spiro atoms. The summed E-state index contributed by atoms with van der Waals surface area (Å²) in [6.07, 6.45) is 0. The number of nitrogens with zero attached hydrogens (tertiary/aromatic N) is 1. The molecule has 6 heteroatoms. The molecule has 0 saturated heterocycles. The van der Waals surface area contributed by atoms with Crippen molar-refractivity contribution in [2.75, 3.05) is 18.5 Å². The van der Waals surface area contributed by atoms with Gasteiger partial charge in [0.1, 0.15) is 10.7 Å². The summed E-state index contributed by atoms with van der Waals surface area (Å²) >= 11 is 5.78. The number of anilines is 1. The summed E-state index contributed by atoms with van der Waals surface area (Å²) in [6, 6.07) is 4.71. The largest absolute Gasteiger partial charge is 0.396 e. The van der Waals surface area contributed by atoms with Gasteiger partial charge in [-0.2, -0.15) is 0 Å². The lowest BCUT2D eigenvalue weighted by Crippen LogP contribution is -2.27. The predicted molar refractivity (Wildman–Crippen MR) is 67.5 cm³/mol. The fourth-order valence-corrected chi connectivity index (χ4v) is 1.48. The highest BCUT2D eigenvalue weighted by molar-refractivity contribution is 6.33. The van der Waals surface area contributed by atoms with E-state index in [1.165, 1.54) is 6.07 Å². The summed E-state index contributed by atoms with van der Waals surface area (Å²) < 4.78 is 0. The number of para-hydroxylation sites is 1. The fourth-order valence-electron chi connectivity index (χ4n) is 1.23. The van der Waals surface area contributed by atoms with Crippen molar-refractivity contribution in [3.63, 3.8) is 0 Å². The van der Waals surface area contributed by atoms with Crippen LogP contribution in [0.3, 0.4) is 0 Å². The summed E-state index contributed by atoms with van der Waals surface area (Å²) in [4.78, 5) is 10.4. The Labute approximate surface area is 105 Å². The molecule has 0 amide bonds. The molecule has 1 aromatic carbocycles. The van der Waals surface area contributed by atoms with E-state index in [2.05, 4.69) is 5.32 Å². The number of hydrogen-bond acceptors (Lipinski definition) is 4. The monoisotopic (exact) mass is 258 g/mol. The van der Waals surface area contributed by atoms with Crippen molar-refractivity contribution < 1.29 is 10.0 Å². The van der Waals surface area contributed by atoms with Crippen LogP contribution in [0.25, 0.3) is 0 Å². The van der Waals surface area contributed by atoms with Crippen LogP contribution in [0.1, 0.15) is 13.8 Å². The van der Waals surface area contributed by atoms with Gasteiger partial charge in [0, 0.05) is 18.6 Å². The third-order valence-electron chi connectivity index (χ3n) is 2.35. The van der Waals surface area contributed by atoms with Gasteiger partial charge in [0.05, 0.1) is 4.92 Å². The average Bonchev–Trinajstić information content (AvgIpc) is 2.26. The van der Waals surface area contributed by atoms with E-state index in [0.29, 0.717) is 12.2 Å². The van der Waals surface area contributed by atoms with Crippen LogP contribution in [0.4, 0.5) is 11.4 Å². The van der Waals surface area contributed by atoms with Gasteiger partial charge in [0.25, 0.3) is 0 Å². The number of nitrogens with one attached hydrogen (secondary N) is 1. The van der Waals surface area contributed by atoms with Gasteiger partial charge < -0.3 is 10.4 Å². The molecule has 1 rings (SSSR count). The Kier molecular flexibility index (Phi) is 4.31. The van der Waals surface area contributed by atoms with Gasteiger partial charge in [0.15, 0.2) is 0 Å². The molecule has 0 bridgehead atoms. The Morgan fingerprint density at radius 3 is 2.71 bits per heavy atom. The van der Waals surface area contributed by atoms with E-state index < -0.39 is 4.92 Å². The van der Waals surface area contributed by atoms with Crippen molar-refractivity contribution in [3.8, 4) is 0 Å². The van der Waals surface area contributed by atoms with Crippen LogP contribution in [0.2, 0.25) is 5.02 Å². The molecule has 0 aliphatic carbocycles. The summed E-state index contributed by atoms with van der Waals surface area (Å²) in [5, 5.41) is 23.0. The highest BCUT2D eigenvalue weighted by atomic mass is 35.5. The van der Waals surface area contributed by atoms with Crippen molar-refractivity contribution in [3.05, 3.63) is 33.3 Å². The van der Waals surface area contributed by atoms with Crippen molar-refractivity contribution in [2.45, 2.75) is 13.8 Å². The van der Waals surface area contributed by atoms with Gasteiger partial charge in [-0.05, 0) is 12.1 Å². The maximum Gasteiger partial charge on any atom is 0.310 e. The maximum absolute atomic E-state index is 10.9. The Morgan fingerprint density at radius 1 is 1.53 bits per heavy atom. The zero-order valence-corrected chi connectivity index (χ0v) is 10.5. The Hall–Kier alpha value is -1.33. The third kappa shape index (κ3) is 3.57. The van der Waals surface area contributed by atoms with Crippen molar-refractivity contribution in [2.24, 2.45) is 5.41 Å². The Bertz CT molecular complexity index is 421. The molecule has 0 aliphatic heterocycles. The average molecular weight is 259 g/mol. The van der Waals surface area contributed by atoms with E-state index in [1.54, 1.807) is 12.1 Å². The first kappa shape index (κ1) is 13.7. The molecular formula is C11H15ClN2O3. The number of nitro benzene ring substituents is 1. The lowest BCUT2D eigenvalue weighted by Gasteiger charge is -2.22. The number of nitro groups is 1. The highest BCUT2D eigenvalue weighted by Crippen LogP contribution is 2.32. The van der Waals surface area contributed by atoms with E-state index in [9.17, 15) is 10.1 Å². The molecule has 1 aromatic rings. The normalized spacial score (nSPS) is 11.3. The zero-order valence-electron chi connectivity index (χ0n) is 9.74. The first-order valence-corrected chi connectivity index (χ1v) is 5.53. The molecule has 0 radical (unpaired) electrons. The van der Waals surface area contributed by atoms with Gasteiger partial charge in [-0.3, -0.25) is 10.1 Å². The second-order valence-electron chi connectivity index (χ2n) is 4.57. The number of rotatable bonds is 5. The summed E-state index contributed by atoms with van der Waals surface area (Å²) in [5.41, 5.74) is -0.122. The molecular weight excluding hydrogens is 244 g/mol. The maximum atomic E-state index is 10.9. The molecule has 0 aliphatic rings. The number of aliphatic hydroxyl groups is 1. The van der Waals surface area contributed by atoms with Crippen molar-refractivity contribution in [1.29, 1.82) is 0 Å². The molecule has 0 atom stereocenters. The SMILES string of the molecule is CC(C)(CO)CNc1cccc(Cl)c1[N+](=O)[O-]. The van der Waals surface area contributed by atoms with Crippen LogP contribution in [-0.4, -0.2) is 23.2 Å². The van der Waals surface area contributed by atoms with Gasteiger partial charge in [-0.15, -0.1) is 0 Å². The molecule has 94 valence electrons. The Balaban J connectivity index is 2.92. The molecule has 2 N–H and O–H groups in total. The van der Waals surface area contributed by atoms with Crippen LogP contribution in [0, 0.1) is 15.5 Å². The summed E-state index contributed by atoms with van der Waals surface area (Å²) in [6.45, 7) is 4.13. The van der Waals surface area contributed by atoms with E-state index in [-0.39, 0.29) is 22.7 Å². The quantitative estimate of drug-likeness (QED) is 0.629. The minimum absolute atomic E-state index is 0.00559. The van der Waals surface area contributed by atoms with Crippen LogP contribution in [-0.2, 0) is 0 Å². The molecule has 17 heavy (non-hydrogen) atoms. The topological polar surface area (TPSA) is 75.4 Å². The molecule has 0 aromatic heterocycles. The van der Waals surface area contributed by atoms with Crippen LogP contribution in [0.5, 0.6) is 0 Å². The predicted octanol–water partition coefficient (Wildman–Crippen LogP) is 2.68. The lowest BCUT2D eigenvalue weighted by atomic mass is 9.95. The number of hydrogen-bond donors (Lipinski definition) is 2. The number of benzene rings is 1.